The fourth-order valence-corrected chi connectivity index (χ4v) is 5.38. The van der Waals surface area contributed by atoms with Crippen LogP contribution in [0.4, 0.5) is 11.4 Å². The molecule has 5 heteroatoms. The molecule has 2 aromatic carbocycles. The highest BCUT2D eigenvalue weighted by Crippen LogP contribution is 2.45. The van der Waals surface area contributed by atoms with E-state index in [1.54, 1.807) is 18.4 Å². The van der Waals surface area contributed by atoms with Gasteiger partial charge in [-0.3, -0.25) is 4.79 Å². The van der Waals surface area contributed by atoms with Crippen LogP contribution in [-0.4, -0.2) is 12.9 Å². The number of thiophene rings is 1. The van der Waals surface area contributed by atoms with E-state index in [2.05, 4.69) is 47.9 Å². The van der Waals surface area contributed by atoms with Crippen molar-refractivity contribution >= 4 is 28.5 Å². The van der Waals surface area contributed by atoms with Crippen molar-refractivity contribution in [3.63, 3.8) is 0 Å². The summed E-state index contributed by atoms with van der Waals surface area (Å²) >= 11 is 1.74. The van der Waals surface area contributed by atoms with Crippen LogP contribution in [0.3, 0.4) is 0 Å². The first kappa shape index (κ1) is 18.9. The topological polar surface area (TPSA) is 50.4 Å². The molecule has 30 heavy (non-hydrogen) atoms. The van der Waals surface area contributed by atoms with E-state index in [1.807, 2.05) is 30.3 Å². The highest BCUT2D eigenvalue weighted by molar-refractivity contribution is 7.12. The molecule has 2 N–H and O–H groups in total. The van der Waals surface area contributed by atoms with Crippen molar-refractivity contribution in [3.8, 4) is 5.75 Å². The molecule has 0 amide bonds. The van der Waals surface area contributed by atoms with Gasteiger partial charge in [0, 0.05) is 27.4 Å². The predicted octanol–water partition coefficient (Wildman–Crippen LogP) is 6.04. The minimum Gasteiger partial charge on any atom is -0.497 e. The molecule has 0 saturated heterocycles. The number of hydrogen-bond acceptors (Lipinski definition) is 5. The molecule has 2 heterocycles. The molecule has 2 aliphatic rings. The van der Waals surface area contributed by atoms with E-state index in [4.69, 9.17) is 4.74 Å². The van der Waals surface area contributed by atoms with Crippen molar-refractivity contribution in [2.75, 3.05) is 17.7 Å². The zero-order chi connectivity index (χ0) is 20.7. The second kappa shape index (κ2) is 7.65. The van der Waals surface area contributed by atoms with Crippen molar-refractivity contribution < 1.29 is 9.53 Å². The van der Waals surface area contributed by atoms with E-state index in [0.717, 1.165) is 40.4 Å². The summed E-state index contributed by atoms with van der Waals surface area (Å²) in [5, 5.41) is 7.24. The summed E-state index contributed by atoms with van der Waals surface area (Å²) in [6.07, 6.45) is 1.30. The maximum atomic E-state index is 13.5. The Bertz CT molecular complexity index is 1150. The van der Waals surface area contributed by atoms with Gasteiger partial charge in [0.1, 0.15) is 5.75 Å². The maximum Gasteiger partial charge on any atom is 0.163 e. The van der Waals surface area contributed by atoms with Crippen LogP contribution in [0.5, 0.6) is 5.75 Å². The van der Waals surface area contributed by atoms with Crippen LogP contribution in [0.2, 0.25) is 0 Å². The lowest BCUT2D eigenvalue weighted by atomic mass is 9.79. The van der Waals surface area contributed by atoms with Gasteiger partial charge >= 0.3 is 0 Å². The molecule has 3 aromatic rings. The highest BCUT2D eigenvalue weighted by atomic mass is 32.1. The molecule has 0 unspecified atom stereocenters. The van der Waals surface area contributed by atoms with Gasteiger partial charge in [-0.15, -0.1) is 11.3 Å². The van der Waals surface area contributed by atoms with Crippen LogP contribution >= 0.6 is 11.3 Å². The molecule has 1 aromatic heterocycles. The summed E-state index contributed by atoms with van der Waals surface area (Å²) in [4.78, 5) is 15.9. The number of methoxy groups -OCH3 is 1. The van der Waals surface area contributed by atoms with E-state index in [-0.39, 0.29) is 17.7 Å². The maximum absolute atomic E-state index is 13.5. The number of ketones is 1. The predicted molar refractivity (Wildman–Crippen MR) is 122 cm³/mol. The van der Waals surface area contributed by atoms with Crippen LogP contribution in [0.25, 0.3) is 0 Å². The van der Waals surface area contributed by atoms with Crippen molar-refractivity contribution in [3.05, 3.63) is 87.3 Å². The van der Waals surface area contributed by atoms with E-state index in [9.17, 15) is 4.79 Å². The fraction of sp³-hybridized carbons (Fsp3) is 0.240. The number of para-hydroxylation sites is 2. The first-order chi connectivity index (χ1) is 14.6. The standard InChI is InChI=1S/C25H24N2O2S/c1-15-10-11-23(30-15)25-24-21(26-19-8-3-4-9-20(19)27-25)13-17(14-22(24)28)16-6-5-7-18(12-16)29-2/h3-12,17,25-27H,13-14H2,1-2H3/t17-,25+/m1/s1. The largest absolute Gasteiger partial charge is 0.497 e. The van der Waals surface area contributed by atoms with Crippen LogP contribution in [-0.2, 0) is 4.79 Å². The average molecular weight is 417 g/mol. The summed E-state index contributed by atoms with van der Waals surface area (Å²) in [5.41, 5.74) is 5.07. The van der Waals surface area contributed by atoms with Crippen molar-refractivity contribution in [1.29, 1.82) is 0 Å². The number of carbonyl (C=O) groups excluding carboxylic acids is 1. The summed E-state index contributed by atoms with van der Waals surface area (Å²) in [7, 11) is 1.68. The number of aryl methyl sites for hydroxylation is 1. The number of allylic oxidation sites excluding steroid dienone is 1. The summed E-state index contributed by atoms with van der Waals surface area (Å²) in [5.74, 6) is 1.16. The Morgan fingerprint density at radius 1 is 1.00 bits per heavy atom. The fourth-order valence-electron chi connectivity index (χ4n) is 4.45. The summed E-state index contributed by atoms with van der Waals surface area (Å²) in [6, 6.07) is 20.4. The monoisotopic (exact) mass is 416 g/mol. The van der Waals surface area contributed by atoms with Crippen LogP contribution < -0.4 is 15.4 Å². The van der Waals surface area contributed by atoms with Crippen LogP contribution in [0.1, 0.15) is 40.1 Å². The number of Topliss-reactive ketones (excluding diaryl/α,β-unsaturated/α-hetero) is 1. The molecule has 4 nitrogen and oxygen atoms in total. The zero-order valence-corrected chi connectivity index (χ0v) is 17.9. The minimum atomic E-state index is -0.131. The third-order valence-electron chi connectivity index (χ3n) is 5.92. The average Bonchev–Trinajstić information content (AvgIpc) is 3.11. The molecule has 0 spiro atoms. The van der Waals surface area contributed by atoms with Gasteiger partial charge in [-0.05, 0) is 61.2 Å². The number of anilines is 2. The van der Waals surface area contributed by atoms with Crippen molar-refractivity contribution in [2.24, 2.45) is 0 Å². The molecule has 0 saturated carbocycles. The number of benzene rings is 2. The molecular weight excluding hydrogens is 392 g/mol. The second-order valence-electron chi connectivity index (χ2n) is 7.89. The third kappa shape index (κ3) is 3.39. The lowest BCUT2D eigenvalue weighted by Gasteiger charge is -2.29. The summed E-state index contributed by atoms with van der Waals surface area (Å²) in [6.45, 7) is 2.11. The molecule has 5 rings (SSSR count). The zero-order valence-electron chi connectivity index (χ0n) is 17.1. The first-order valence-electron chi connectivity index (χ1n) is 10.2. The Labute approximate surface area is 180 Å². The summed E-state index contributed by atoms with van der Waals surface area (Å²) < 4.78 is 5.40. The van der Waals surface area contributed by atoms with Gasteiger partial charge in [0.05, 0.1) is 24.5 Å². The van der Waals surface area contributed by atoms with Gasteiger partial charge in [-0.25, -0.2) is 0 Å². The number of fused-ring (bicyclic) bond motifs is 1. The second-order valence-corrected chi connectivity index (χ2v) is 9.21. The molecule has 1 aliphatic heterocycles. The first-order valence-corrected chi connectivity index (χ1v) is 11.0. The Balaban J connectivity index is 1.59. The van der Waals surface area contributed by atoms with E-state index in [0.29, 0.717) is 6.42 Å². The Hall–Kier alpha value is -3.05. The number of ether oxygens (including phenoxy) is 1. The Morgan fingerprint density at radius 2 is 1.83 bits per heavy atom. The van der Waals surface area contributed by atoms with E-state index >= 15 is 0 Å². The van der Waals surface area contributed by atoms with Gasteiger partial charge in [0.25, 0.3) is 0 Å². The molecule has 0 radical (unpaired) electrons. The smallest absolute Gasteiger partial charge is 0.163 e. The molecule has 0 fully saturated rings. The number of nitrogens with one attached hydrogen (secondary N) is 2. The normalized spacial score (nSPS) is 20.5. The Morgan fingerprint density at radius 3 is 2.60 bits per heavy atom. The molecular formula is C25H24N2O2S. The van der Waals surface area contributed by atoms with Crippen LogP contribution in [0, 0.1) is 6.92 Å². The Kier molecular flexibility index (Phi) is 4.83. The minimum absolute atomic E-state index is 0.131. The number of rotatable bonds is 3. The molecule has 0 bridgehead atoms. The van der Waals surface area contributed by atoms with Gasteiger partial charge in [-0.2, -0.15) is 0 Å². The van der Waals surface area contributed by atoms with Gasteiger partial charge in [0.15, 0.2) is 5.78 Å². The molecule has 2 atom stereocenters. The van der Waals surface area contributed by atoms with Crippen molar-refractivity contribution in [2.45, 2.75) is 31.7 Å². The number of carbonyl (C=O) groups is 1. The van der Waals surface area contributed by atoms with Crippen molar-refractivity contribution in [1.82, 2.24) is 0 Å². The third-order valence-corrected chi connectivity index (χ3v) is 6.99. The van der Waals surface area contributed by atoms with Gasteiger partial charge in [0.2, 0.25) is 0 Å². The van der Waals surface area contributed by atoms with E-state index < -0.39 is 0 Å². The van der Waals surface area contributed by atoms with Gasteiger partial charge < -0.3 is 15.4 Å². The number of hydrogen-bond donors (Lipinski definition) is 2. The van der Waals surface area contributed by atoms with Crippen LogP contribution in [0.15, 0.2) is 71.9 Å². The molecule has 152 valence electrons. The SMILES string of the molecule is COc1cccc([C@H]2CC(=O)C3=C(C2)Nc2ccccc2N[C@H]3c2ccc(C)s2)c1. The lowest BCUT2D eigenvalue weighted by molar-refractivity contribution is -0.116. The highest BCUT2D eigenvalue weighted by Gasteiger charge is 2.36. The lowest BCUT2D eigenvalue weighted by Crippen LogP contribution is -2.26. The van der Waals surface area contributed by atoms with Gasteiger partial charge in [-0.1, -0.05) is 24.3 Å². The van der Waals surface area contributed by atoms with E-state index in [1.165, 1.54) is 9.75 Å². The molecule has 1 aliphatic carbocycles. The quantitative estimate of drug-likeness (QED) is 0.546.